The number of nitrogen functional groups attached to an aromatic ring is 1. The Hall–Kier alpha value is -1.36. The van der Waals surface area contributed by atoms with Crippen LogP contribution in [0.4, 0.5) is 11.6 Å². The quantitative estimate of drug-likeness (QED) is 0.874. The number of methoxy groups -OCH3 is 1. The SMILES string of the molecule is COCc1nc(N)cc(NC2CCC(C)C(C)C2)n1. The summed E-state index contributed by atoms with van der Waals surface area (Å²) in [5, 5.41) is 3.48. The van der Waals surface area contributed by atoms with Crippen LogP contribution in [-0.2, 0) is 11.3 Å². The molecule has 1 aromatic rings. The van der Waals surface area contributed by atoms with Gasteiger partial charge in [0.25, 0.3) is 0 Å². The summed E-state index contributed by atoms with van der Waals surface area (Å²) in [5.74, 6) is 3.50. The van der Waals surface area contributed by atoms with Crippen LogP contribution in [0.3, 0.4) is 0 Å². The maximum atomic E-state index is 5.80. The Kier molecular flexibility index (Phi) is 4.58. The Morgan fingerprint density at radius 2 is 2.11 bits per heavy atom. The van der Waals surface area contributed by atoms with Crippen molar-refractivity contribution in [3.8, 4) is 0 Å². The summed E-state index contributed by atoms with van der Waals surface area (Å²) in [6.07, 6.45) is 3.64. The molecule has 0 bridgehead atoms. The van der Waals surface area contributed by atoms with E-state index in [2.05, 4.69) is 29.1 Å². The number of hydrogen-bond acceptors (Lipinski definition) is 5. The van der Waals surface area contributed by atoms with Crippen molar-refractivity contribution in [3.63, 3.8) is 0 Å². The first kappa shape index (κ1) is 14.1. The van der Waals surface area contributed by atoms with Crippen LogP contribution >= 0.6 is 0 Å². The lowest BCUT2D eigenvalue weighted by Crippen LogP contribution is -2.30. The van der Waals surface area contributed by atoms with E-state index in [4.69, 9.17) is 10.5 Å². The first-order valence-corrected chi connectivity index (χ1v) is 6.97. The molecular formula is C14H24N4O. The minimum atomic E-state index is 0.387. The molecule has 0 amide bonds. The molecule has 5 nitrogen and oxygen atoms in total. The predicted molar refractivity (Wildman–Crippen MR) is 76.7 cm³/mol. The largest absolute Gasteiger partial charge is 0.384 e. The lowest BCUT2D eigenvalue weighted by Gasteiger charge is -2.32. The van der Waals surface area contributed by atoms with E-state index in [0.717, 1.165) is 17.7 Å². The minimum Gasteiger partial charge on any atom is -0.384 e. The Labute approximate surface area is 115 Å². The average molecular weight is 264 g/mol. The highest BCUT2D eigenvalue weighted by Crippen LogP contribution is 2.30. The van der Waals surface area contributed by atoms with E-state index >= 15 is 0 Å². The summed E-state index contributed by atoms with van der Waals surface area (Å²) in [5.41, 5.74) is 5.80. The summed E-state index contributed by atoms with van der Waals surface area (Å²) >= 11 is 0. The van der Waals surface area contributed by atoms with Gasteiger partial charge in [-0.1, -0.05) is 13.8 Å². The second-order valence-electron chi connectivity index (χ2n) is 5.64. The van der Waals surface area contributed by atoms with E-state index < -0.39 is 0 Å². The first-order chi connectivity index (χ1) is 9.08. The van der Waals surface area contributed by atoms with E-state index in [0.29, 0.717) is 24.3 Å². The van der Waals surface area contributed by atoms with E-state index in [1.54, 1.807) is 13.2 Å². The van der Waals surface area contributed by atoms with Gasteiger partial charge in [0, 0.05) is 19.2 Å². The highest BCUT2D eigenvalue weighted by molar-refractivity contribution is 5.45. The fourth-order valence-electron chi connectivity index (χ4n) is 2.67. The number of hydrogen-bond donors (Lipinski definition) is 2. The van der Waals surface area contributed by atoms with Gasteiger partial charge in [-0.3, -0.25) is 0 Å². The van der Waals surface area contributed by atoms with Gasteiger partial charge in [-0.15, -0.1) is 0 Å². The van der Waals surface area contributed by atoms with Crippen LogP contribution in [0.15, 0.2) is 6.07 Å². The summed E-state index contributed by atoms with van der Waals surface area (Å²) in [7, 11) is 1.63. The second-order valence-corrected chi connectivity index (χ2v) is 5.64. The molecule has 0 aliphatic heterocycles. The van der Waals surface area contributed by atoms with Gasteiger partial charge in [0.2, 0.25) is 0 Å². The smallest absolute Gasteiger partial charge is 0.158 e. The number of nitrogens with zero attached hydrogens (tertiary/aromatic N) is 2. The molecule has 0 spiro atoms. The van der Waals surface area contributed by atoms with Crippen molar-refractivity contribution in [2.45, 2.75) is 45.8 Å². The standard InChI is InChI=1S/C14H24N4O/c1-9-4-5-11(6-10(9)2)16-13-7-12(15)17-14(18-13)8-19-3/h7,9-11H,4-6,8H2,1-3H3,(H3,15,16,17,18). The summed E-state index contributed by atoms with van der Waals surface area (Å²) in [4.78, 5) is 8.58. The Balaban J connectivity index is 2.02. The van der Waals surface area contributed by atoms with Crippen molar-refractivity contribution in [1.82, 2.24) is 9.97 Å². The van der Waals surface area contributed by atoms with Crippen molar-refractivity contribution in [1.29, 1.82) is 0 Å². The zero-order valence-corrected chi connectivity index (χ0v) is 12.0. The zero-order valence-electron chi connectivity index (χ0n) is 12.0. The summed E-state index contributed by atoms with van der Waals surface area (Å²) < 4.78 is 5.05. The van der Waals surface area contributed by atoms with Gasteiger partial charge >= 0.3 is 0 Å². The zero-order chi connectivity index (χ0) is 13.8. The molecule has 106 valence electrons. The third-order valence-corrected chi connectivity index (χ3v) is 4.02. The van der Waals surface area contributed by atoms with Crippen LogP contribution in [0.1, 0.15) is 38.9 Å². The highest BCUT2D eigenvalue weighted by Gasteiger charge is 2.24. The fraction of sp³-hybridized carbons (Fsp3) is 0.714. The second kappa shape index (κ2) is 6.19. The van der Waals surface area contributed by atoms with Crippen molar-refractivity contribution < 1.29 is 4.74 Å². The molecule has 19 heavy (non-hydrogen) atoms. The predicted octanol–water partition coefficient (Wildman–Crippen LogP) is 2.44. The molecule has 0 radical (unpaired) electrons. The van der Waals surface area contributed by atoms with Crippen LogP contribution in [0, 0.1) is 11.8 Å². The van der Waals surface area contributed by atoms with Crippen LogP contribution in [-0.4, -0.2) is 23.1 Å². The van der Waals surface area contributed by atoms with Gasteiger partial charge in [-0.2, -0.15) is 0 Å². The van der Waals surface area contributed by atoms with Gasteiger partial charge in [0.05, 0.1) is 0 Å². The molecule has 3 unspecified atom stereocenters. The van der Waals surface area contributed by atoms with E-state index in [1.165, 1.54) is 19.3 Å². The van der Waals surface area contributed by atoms with Gasteiger partial charge < -0.3 is 15.8 Å². The highest BCUT2D eigenvalue weighted by atomic mass is 16.5. The third kappa shape index (κ3) is 3.80. The van der Waals surface area contributed by atoms with Crippen molar-refractivity contribution in [2.75, 3.05) is 18.2 Å². The van der Waals surface area contributed by atoms with Gasteiger partial charge in [-0.05, 0) is 31.1 Å². The molecule has 0 saturated heterocycles. The first-order valence-electron chi connectivity index (χ1n) is 6.97. The Morgan fingerprint density at radius 3 is 2.79 bits per heavy atom. The number of nitrogens with two attached hydrogens (primary N) is 1. The molecule has 1 aromatic heterocycles. The molecule has 2 rings (SSSR count). The van der Waals surface area contributed by atoms with Gasteiger partial charge in [0.1, 0.15) is 18.2 Å². The Morgan fingerprint density at radius 1 is 1.32 bits per heavy atom. The molecule has 1 saturated carbocycles. The molecule has 1 fully saturated rings. The maximum absolute atomic E-state index is 5.80. The molecular weight excluding hydrogens is 240 g/mol. The fourth-order valence-corrected chi connectivity index (χ4v) is 2.67. The van der Waals surface area contributed by atoms with E-state index in [-0.39, 0.29) is 0 Å². The van der Waals surface area contributed by atoms with Crippen LogP contribution < -0.4 is 11.1 Å². The van der Waals surface area contributed by atoms with Crippen molar-refractivity contribution in [2.24, 2.45) is 11.8 Å². The molecule has 1 heterocycles. The minimum absolute atomic E-state index is 0.387. The average Bonchev–Trinajstić information content (AvgIpc) is 2.33. The lowest BCUT2D eigenvalue weighted by molar-refractivity contribution is 0.178. The molecule has 3 N–H and O–H groups in total. The molecule has 0 aromatic carbocycles. The number of anilines is 2. The van der Waals surface area contributed by atoms with Crippen LogP contribution in [0.5, 0.6) is 0 Å². The number of ether oxygens (including phenoxy) is 1. The van der Waals surface area contributed by atoms with Crippen molar-refractivity contribution in [3.05, 3.63) is 11.9 Å². The number of nitrogens with one attached hydrogen (secondary N) is 1. The number of aromatic nitrogens is 2. The third-order valence-electron chi connectivity index (χ3n) is 4.02. The van der Waals surface area contributed by atoms with Crippen LogP contribution in [0.2, 0.25) is 0 Å². The normalized spacial score (nSPS) is 27.2. The maximum Gasteiger partial charge on any atom is 0.158 e. The van der Waals surface area contributed by atoms with Gasteiger partial charge in [-0.25, -0.2) is 9.97 Å². The van der Waals surface area contributed by atoms with Crippen LogP contribution in [0.25, 0.3) is 0 Å². The molecule has 1 aliphatic carbocycles. The van der Waals surface area contributed by atoms with E-state index in [1.807, 2.05) is 0 Å². The Bertz CT molecular complexity index is 424. The monoisotopic (exact) mass is 264 g/mol. The summed E-state index contributed by atoms with van der Waals surface area (Å²) in [6, 6.07) is 2.28. The lowest BCUT2D eigenvalue weighted by atomic mass is 9.79. The molecule has 3 atom stereocenters. The molecule has 1 aliphatic rings. The van der Waals surface area contributed by atoms with Gasteiger partial charge in [0.15, 0.2) is 5.82 Å². The molecule has 5 heteroatoms. The summed E-state index contributed by atoms with van der Waals surface area (Å²) in [6.45, 7) is 5.04. The number of rotatable bonds is 4. The van der Waals surface area contributed by atoms with Crippen molar-refractivity contribution >= 4 is 11.6 Å². The van der Waals surface area contributed by atoms with E-state index in [9.17, 15) is 0 Å². The topological polar surface area (TPSA) is 73.1 Å².